The summed E-state index contributed by atoms with van der Waals surface area (Å²) >= 11 is 3.22. The van der Waals surface area contributed by atoms with Gasteiger partial charge in [0.1, 0.15) is 11.4 Å². The zero-order valence-electron chi connectivity index (χ0n) is 8.38. The van der Waals surface area contributed by atoms with Gasteiger partial charge in [0.25, 0.3) is 0 Å². The third-order valence-corrected chi connectivity index (χ3v) is 2.43. The van der Waals surface area contributed by atoms with E-state index in [-0.39, 0.29) is 5.56 Å². The highest BCUT2D eigenvalue weighted by molar-refractivity contribution is 9.10. The van der Waals surface area contributed by atoms with Crippen LogP contribution in [0, 0.1) is 5.82 Å². The van der Waals surface area contributed by atoms with Crippen molar-refractivity contribution in [2.45, 2.75) is 19.4 Å². The van der Waals surface area contributed by atoms with Crippen LogP contribution in [-0.2, 0) is 10.3 Å². The molecule has 3 nitrogen and oxygen atoms in total. The van der Waals surface area contributed by atoms with Gasteiger partial charge in [0.2, 0.25) is 0 Å². The number of benzene rings is 1. The summed E-state index contributed by atoms with van der Waals surface area (Å²) in [5, 5.41) is 0. The first kappa shape index (κ1) is 12.0. The average Bonchev–Trinajstić information content (AvgIpc) is 2.06. The van der Waals surface area contributed by atoms with E-state index in [2.05, 4.69) is 15.9 Å². The van der Waals surface area contributed by atoms with Gasteiger partial charge in [-0.2, -0.15) is 0 Å². The number of hydrogen-bond acceptors (Lipinski definition) is 2. The number of carbonyl (C=O) groups is 1. The molecule has 5 heteroatoms. The van der Waals surface area contributed by atoms with Crippen LogP contribution in [0.1, 0.15) is 19.4 Å². The third-order valence-electron chi connectivity index (χ3n) is 1.93. The number of ether oxygens (including phenoxy) is 1. The molecule has 1 amide bonds. The molecule has 0 bridgehead atoms. The van der Waals surface area contributed by atoms with Crippen LogP contribution in [0.15, 0.2) is 22.7 Å². The van der Waals surface area contributed by atoms with E-state index >= 15 is 0 Å². The molecule has 0 heterocycles. The maximum atomic E-state index is 13.5. The van der Waals surface area contributed by atoms with Crippen molar-refractivity contribution in [3.63, 3.8) is 0 Å². The number of carbonyl (C=O) groups excluding carboxylic acids is 1. The number of nitrogens with two attached hydrogens (primary N) is 1. The van der Waals surface area contributed by atoms with Crippen LogP contribution in [0.5, 0.6) is 0 Å². The molecule has 1 aromatic rings. The molecule has 0 aromatic heterocycles. The Balaban J connectivity index is 3.13. The minimum atomic E-state index is -1.08. The van der Waals surface area contributed by atoms with Gasteiger partial charge in [-0.1, -0.05) is 15.9 Å². The van der Waals surface area contributed by atoms with E-state index in [1.54, 1.807) is 26.0 Å². The number of rotatable bonds is 2. The molecule has 0 radical (unpaired) electrons. The molecule has 0 atom stereocenters. The largest absolute Gasteiger partial charge is 0.439 e. The fourth-order valence-corrected chi connectivity index (χ4v) is 1.63. The van der Waals surface area contributed by atoms with Gasteiger partial charge in [0, 0.05) is 10.0 Å². The van der Waals surface area contributed by atoms with Gasteiger partial charge in [-0.25, -0.2) is 9.18 Å². The highest BCUT2D eigenvalue weighted by atomic mass is 79.9. The van der Waals surface area contributed by atoms with Crippen LogP contribution in [0.2, 0.25) is 0 Å². The van der Waals surface area contributed by atoms with E-state index in [9.17, 15) is 9.18 Å². The van der Waals surface area contributed by atoms with E-state index in [0.717, 1.165) is 0 Å². The minimum Gasteiger partial charge on any atom is -0.439 e. The summed E-state index contributed by atoms with van der Waals surface area (Å²) in [6.45, 7) is 3.14. The molecule has 0 aliphatic carbocycles. The molecule has 1 aromatic carbocycles. The van der Waals surface area contributed by atoms with Gasteiger partial charge in [-0.05, 0) is 32.0 Å². The summed E-state index contributed by atoms with van der Waals surface area (Å²) in [5.41, 5.74) is 4.10. The SMILES string of the molecule is CC(C)(OC(N)=O)c1cc(Br)ccc1F. The fourth-order valence-electron chi connectivity index (χ4n) is 1.27. The van der Waals surface area contributed by atoms with Gasteiger partial charge in [0.05, 0.1) is 0 Å². The molecule has 0 spiro atoms. The van der Waals surface area contributed by atoms with Crippen LogP contribution in [-0.4, -0.2) is 6.09 Å². The molecular formula is C10H11BrFNO2. The zero-order chi connectivity index (χ0) is 11.6. The Labute approximate surface area is 95.5 Å². The topological polar surface area (TPSA) is 52.3 Å². The van der Waals surface area contributed by atoms with E-state index in [1.165, 1.54) is 6.07 Å². The maximum Gasteiger partial charge on any atom is 0.405 e. The van der Waals surface area contributed by atoms with Crippen molar-refractivity contribution >= 4 is 22.0 Å². The van der Waals surface area contributed by atoms with E-state index in [1.807, 2.05) is 0 Å². The van der Waals surface area contributed by atoms with Crippen molar-refractivity contribution < 1.29 is 13.9 Å². The van der Waals surface area contributed by atoms with Gasteiger partial charge in [-0.15, -0.1) is 0 Å². The monoisotopic (exact) mass is 275 g/mol. The first-order valence-electron chi connectivity index (χ1n) is 4.27. The lowest BCUT2D eigenvalue weighted by molar-refractivity contribution is 0.0406. The molecule has 0 unspecified atom stereocenters. The second-order valence-electron chi connectivity index (χ2n) is 3.56. The summed E-state index contributed by atoms with van der Waals surface area (Å²) in [6, 6.07) is 4.42. The average molecular weight is 276 g/mol. The Morgan fingerprint density at radius 1 is 1.53 bits per heavy atom. The smallest absolute Gasteiger partial charge is 0.405 e. The first-order chi connectivity index (χ1) is 6.83. The molecule has 1 rings (SSSR count). The molecule has 2 N–H and O–H groups in total. The Morgan fingerprint density at radius 2 is 2.13 bits per heavy atom. The molecule has 0 aliphatic heterocycles. The van der Waals surface area contributed by atoms with Gasteiger partial charge < -0.3 is 10.5 Å². The standard InChI is InChI=1S/C10H11BrFNO2/c1-10(2,15-9(13)14)7-5-6(11)3-4-8(7)12/h3-5H,1-2H3,(H2,13,14). The van der Waals surface area contributed by atoms with Crippen molar-refractivity contribution in [3.8, 4) is 0 Å². The summed E-state index contributed by atoms with van der Waals surface area (Å²) in [4.78, 5) is 10.7. The van der Waals surface area contributed by atoms with Gasteiger partial charge in [-0.3, -0.25) is 0 Å². The Morgan fingerprint density at radius 3 is 2.67 bits per heavy atom. The van der Waals surface area contributed by atoms with E-state index in [4.69, 9.17) is 10.5 Å². The normalized spacial score (nSPS) is 11.2. The van der Waals surface area contributed by atoms with Crippen LogP contribution < -0.4 is 5.73 Å². The highest BCUT2D eigenvalue weighted by Gasteiger charge is 2.27. The number of primary amides is 1. The zero-order valence-corrected chi connectivity index (χ0v) is 9.97. The number of hydrogen-bond donors (Lipinski definition) is 1. The van der Waals surface area contributed by atoms with Gasteiger partial charge >= 0.3 is 6.09 Å². The van der Waals surface area contributed by atoms with E-state index < -0.39 is 17.5 Å². The quantitative estimate of drug-likeness (QED) is 0.902. The minimum absolute atomic E-state index is 0.274. The molecule has 0 saturated heterocycles. The Bertz CT molecular complexity index is 393. The Hall–Kier alpha value is -1.10. The van der Waals surface area contributed by atoms with Crippen LogP contribution in [0.3, 0.4) is 0 Å². The third kappa shape index (κ3) is 2.92. The summed E-state index contributed by atoms with van der Waals surface area (Å²) in [7, 11) is 0. The predicted molar refractivity (Wildman–Crippen MR) is 57.8 cm³/mol. The van der Waals surface area contributed by atoms with Crippen LogP contribution in [0.25, 0.3) is 0 Å². The maximum absolute atomic E-state index is 13.5. The molecule has 0 fully saturated rings. The molecule has 82 valence electrons. The second-order valence-corrected chi connectivity index (χ2v) is 4.47. The van der Waals surface area contributed by atoms with Gasteiger partial charge in [0.15, 0.2) is 0 Å². The summed E-state index contributed by atoms with van der Waals surface area (Å²) < 4.78 is 19.0. The predicted octanol–water partition coefficient (Wildman–Crippen LogP) is 2.92. The van der Waals surface area contributed by atoms with Crippen LogP contribution in [0.4, 0.5) is 9.18 Å². The van der Waals surface area contributed by atoms with Crippen molar-refractivity contribution in [3.05, 3.63) is 34.1 Å². The highest BCUT2D eigenvalue weighted by Crippen LogP contribution is 2.29. The lowest BCUT2D eigenvalue weighted by Gasteiger charge is -2.25. The number of halogens is 2. The Kier molecular flexibility index (Phi) is 3.34. The lowest BCUT2D eigenvalue weighted by Crippen LogP contribution is -2.29. The number of amides is 1. The van der Waals surface area contributed by atoms with E-state index in [0.29, 0.717) is 4.47 Å². The summed E-state index contributed by atoms with van der Waals surface area (Å²) in [6.07, 6.45) is -0.931. The second kappa shape index (κ2) is 4.18. The fraction of sp³-hybridized carbons (Fsp3) is 0.300. The first-order valence-corrected chi connectivity index (χ1v) is 5.06. The molecule has 15 heavy (non-hydrogen) atoms. The van der Waals surface area contributed by atoms with Crippen molar-refractivity contribution in [1.29, 1.82) is 0 Å². The van der Waals surface area contributed by atoms with Crippen molar-refractivity contribution in [2.75, 3.05) is 0 Å². The molecule has 0 saturated carbocycles. The van der Waals surface area contributed by atoms with Crippen LogP contribution >= 0.6 is 15.9 Å². The lowest BCUT2D eigenvalue weighted by atomic mass is 9.97. The van der Waals surface area contributed by atoms with Crippen molar-refractivity contribution in [1.82, 2.24) is 0 Å². The summed E-state index contributed by atoms with van der Waals surface area (Å²) in [5.74, 6) is -0.440. The molecule has 0 aliphatic rings. The van der Waals surface area contributed by atoms with Crippen molar-refractivity contribution in [2.24, 2.45) is 5.73 Å². The molecular weight excluding hydrogens is 265 g/mol.